The fourth-order valence-electron chi connectivity index (χ4n) is 1.10. The van der Waals surface area contributed by atoms with Crippen LogP contribution in [0.25, 0.3) is 0 Å². The van der Waals surface area contributed by atoms with Gasteiger partial charge in [0.25, 0.3) is 0 Å². The molecule has 0 spiro atoms. The van der Waals surface area contributed by atoms with Gasteiger partial charge in [-0.3, -0.25) is 9.36 Å². The maximum absolute atomic E-state index is 4.08. The normalized spacial score (nSPS) is 9.67. The molecule has 0 radical (unpaired) electrons. The molecule has 2 aromatic heterocycles. The van der Waals surface area contributed by atoms with Crippen molar-refractivity contribution in [3.05, 3.63) is 34.3 Å². The van der Waals surface area contributed by atoms with Crippen LogP contribution in [-0.2, 0) is 14.1 Å². The SMILES string of the molecule is Cc1ccn(C)n1.Cc1nn(C)cc1Br. The Balaban J connectivity index is 0.000000151. The number of halogens is 1. The number of hydrogen-bond acceptors (Lipinski definition) is 2. The van der Waals surface area contributed by atoms with Gasteiger partial charge >= 0.3 is 0 Å². The minimum Gasteiger partial charge on any atom is -0.276 e. The fraction of sp³-hybridized carbons (Fsp3) is 0.400. The molecule has 0 amide bonds. The third-order valence-electron chi connectivity index (χ3n) is 1.80. The zero-order chi connectivity index (χ0) is 11.4. The van der Waals surface area contributed by atoms with E-state index in [1.165, 1.54) is 0 Å². The molecule has 5 heteroatoms. The average molecular weight is 271 g/mol. The van der Waals surface area contributed by atoms with Gasteiger partial charge < -0.3 is 0 Å². The third kappa shape index (κ3) is 3.87. The van der Waals surface area contributed by atoms with Crippen LogP contribution in [0.1, 0.15) is 11.4 Å². The van der Waals surface area contributed by atoms with Crippen LogP contribution in [0.5, 0.6) is 0 Å². The van der Waals surface area contributed by atoms with E-state index >= 15 is 0 Å². The Bertz CT molecular complexity index is 394. The molecule has 0 unspecified atom stereocenters. The molecule has 0 aliphatic heterocycles. The highest BCUT2D eigenvalue weighted by Crippen LogP contribution is 2.11. The molecular formula is C10H15BrN4. The van der Waals surface area contributed by atoms with Crippen molar-refractivity contribution in [2.75, 3.05) is 0 Å². The van der Waals surface area contributed by atoms with E-state index in [0.717, 1.165) is 15.9 Å². The molecule has 0 saturated carbocycles. The molecule has 4 nitrogen and oxygen atoms in total. The van der Waals surface area contributed by atoms with Gasteiger partial charge in [0, 0.05) is 26.5 Å². The van der Waals surface area contributed by atoms with Crippen LogP contribution in [0, 0.1) is 13.8 Å². The molecule has 0 aliphatic rings. The Morgan fingerprint density at radius 2 is 1.80 bits per heavy atom. The standard InChI is InChI=1S/C5H7BrN2.C5H8N2/c1-4-5(6)3-8(2)7-4;1-5-3-4-7(2)6-5/h3H,1-2H3;3-4H,1-2H3. The lowest BCUT2D eigenvalue weighted by Gasteiger charge is -1.79. The van der Waals surface area contributed by atoms with E-state index in [4.69, 9.17) is 0 Å². The van der Waals surface area contributed by atoms with Gasteiger partial charge in [-0.15, -0.1) is 0 Å². The highest BCUT2D eigenvalue weighted by atomic mass is 79.9. The van der Waals surface area contributed by atoms with E-state index in [9.17, 15) is 0 Å². The summed E-state index contributed by atoms with van der Waals surface area (Å²) >= 11 is 3.33. The zero-order valence-electron chi connectivity index (χ0n) is 9.40. The minimum absolute atomic E-state index is 1.03. The Morgan fingerprint density at radius 1 is 1.13 bits per heavy atom. The summed E-state index contributed by atoms with van der Waals surface area (Å²) in [5.41, 5.74) is 2.11. The molecule has 2 rings (SSSR count). The van der Waals surface area contributed by atoms with Crippen molar-refractivity contribution in [2.24, 2.45) is 14.1 Å². The van der Waals surface area contributed by atoms with Crippen LogP contribution in [0.4, 0.5) is 0 Å². The summed E-state index contributed by atoms with van der Waals surface area (Å²) in [7, 11) is 3.81. The maximum atomic E-state index is 4.08. The molecule has 0 aromatic carbocycles. The van der Waals surface area contributed by atoms with E-state index in [0.29, 0.717) is 0 Å². The highest BCUT2D eigenvalue weighted by molar-refractivity contribution is 9.10. The number of aromatic nitrogens is 4. The monoisotopic (exact) mass is 270 g/mol. The van der Waals surface area contributed by atoms with Crippen molar-refractivity contribution in [3.63, 3.8) is 0 Å². The first kappa shape index (κ1) is 12.0. The second-order valence-electron chi connectivity index (χ2n) is 3.37. The van der Waals surface area contributed by atoms with Crippen molar-refractivity contribution >= 4 is 15.9 Å². The number of hydrogen-bond donors (Lipinski definition) is 0. The number of nitrogens with zero attached hydrogens (tertiary/aromatic N) is 4. The van der Waals surface area contributed by atoms with Crippen LogP contribution in [-0.4, -0.2) is 19.6 Å². The van der Waals surface area contributed by atoms with Gasteiger partial charge in [0.15, 0.2) is 0 Å². The average Bonchev–Trinajstić information content (AvgIpc) is 2.61. The summed E-state index contributed by atoms with van der Waals surface area (Å²) in [6, 6.07) is 1.97. The fourth-order valence-corrected chi connectivity index (χ4v) is 1.48. The molecule has 2 aromatic rings. The Hall–Kier alpha value is -1.10. The molecule has 0 aliphatic carbocycles. The molecule has 15 heavy (non-hydrogen) atoms. The lowest BCUT2D eigenvalue weighted by Crippen LogP contribution is -1.86. The zero-order valence-corrected chi connectivity index (χ0v) is 11.0. The van der Waals surface area contributed by atoms with Crippen LogP contribution >= 0.6 is 15.9 Å². The first-order valence-electron chi connectivity index (χ1n) is 4.61. The van der Waals surface area contributed by atoms with Crippen LogP contribution in [0.15, 0.2) is 22.9 Å². The number of aryl methyl sites for hydroxylation is 4. The summed E-state index contributed by atoms with van der Waals surface area (Å²) in [5.74, 6) is 0. The van der Waals surface area contributed by atoms with E-state index in [1.54, 1.807) is 9.36 Å². The van der Waals surface area contributed by atoms with Gasteiger partial charge in [0.1, 0.15) is 0 Å². The molecule has 2 heterocycles. The van der Waals surface area contributed by atoms with Crippen LogP contribution < -0.4 is 0 Å². The van der Waals surface area contributed by atoms with Crippen molar-refractivity contribution in [1.29, 1.82) is 0 Å². The third-order valence-corrected chi connectivity index (χ3v) is 2.58. The summed E-state index contributed by atoms with van der Waals surface area (Å²) in [6.07, 6.45) is 3.85. The van der Waals surface area contributed by atoms with Gasteiger partial charge in [-0.25, -0.2) is 0 Å². The summed E-state index contributed by atoms with van der Waals surface area (Å²) in [6.45, 7) is 3.93. The first-order valence-corrected chi connectivity index (χ1v) is 5.40. The van der Waals surface area contributed by atoms with E-state index in [2.05, 4.69) is 26.1 Å². The predicted molar refractivity (Wildman–Crippen MR) is 63.6 cm³/mol. The van der Waals surface area contributed by atoms with Gasteiger partial charge in [-0.2, -0.15) is 10.2 Å². The van der Waals surface area contributed by atoms with Crippen molar-refractivity contribution < 1.29 is 0 Å². The Morgan fingerprint density at radius 3 is 1.93 bits per heavy atom. The summed E-state index contributed by atoms with van der Waals surface area (Å²) < 4.78 is 4.63. The minimum atomic E-state index is 1.03. The van der Waals surface area contributed by atoms with Gasteiger partial charge in [0.2, 0.25) is 0 Å². The molecule has 0 fully saturated rings. The lowest BCUT2D eigenvalue weighted by atomic mass is 10.5. The quantitative estimate of drug-likeness (QED) is 0.736. The van der Waals surface area contributed by atoms with E-state index < -0.39 is 0 Å². The molecule has 0 N–H and O–H groups in total. The van der Waals surface area contributed by atoms with Crippen molar-refractivity contribution in [2.45, 2.75) is 13.8 Å². The topological polar surface area (TPSA) is 35.6 Å². The summed E-state index contributed by atoms with van der Waals surface area (Å²) in [4.78, 5) is 0. The second kappa shape index (κ2) is 5.11. The van der Waals surface area contributed by atoms with Crippen LogP contribution in [0.3, 0.4) is 0 Å². The van der Waals surface area contributed by atoms with Crippen molar-refractivity contribution in [1.82, 2.24) is 19.6 Å². The largest absolute Gasteiger partial charge is 0.276 e. The maximum Gasteiger partial charge on any atom is 0.0735 e. The summed E-state index contributed by atoms with van der Waals surface area (Å²) in [5, 5.41) is 8.11. The molecule has 0 saturated heterocycles. The Labute approximate surface area is 98.0 Å². The predicted octanol–water partition coefficient (Wildman–Crippen LogP) is 2.22. The Kier molecular flexibility index (Phi) is 4.08. The van der Waals surface area contributed by atoms with Gasteiger partial charge in [-0.05, 0) is 35.8 Å². The molecule has 0 atom stereocenters. The molecule has 0 bridgehead atoms. The van der Waals surface area contributed by atoms with E-state index in [-0.39, 0.29) is 0 Å². The van der Waals surface area contributed by atoms with Crippen LogP contribution in [0.2, 0.25) is 0 Å². The molecular weight excluding hydrogens is 256 g/mol. The number of rotatable bonds is 0. The van der Waals surface area contributed by atoms with Crippen molar-refractivity contribution in [3.8, 4) is 0 Å². The first-order chi connectivity index (χ1) is 6.99. The van der Waals surface area contributed by atoms with Gasteiger partial charge in [-0.1, -0.05) is 0 Å². The lowest BCUT2D eigenvalue weighted by molar-refractivity contribution is 0.756. The van der Waals surface area contributed by atoms with E-state index in [1.807, 2.05) is 46.4 Å². The second-order valence-corrected chi connectivity index (χ2v) is 4.22. The highest BCUT2D eigenvalue weighted by Gasteiger charge is 1.94. The van der Waals surface area contributed by atoms with Gasteiger partial charge in [0.05, 0.1) is 15.9 Å². The smallest absolute Gasteiger partial charge is 0.0735 e. The molecule has 82 valence electrons.